The molecule has 1 atom stereocenters. The van der Waals surface area contributed by atoms with E-state index in [1.807, 2.05) is 23.2 Å². The molecule has 4 rings (SSSR count). The summed E-state index contributed by atoms with van der Waals surface area (Å²) >= 11 is 0. The van der Waals surface area contributed by atoms with Gasteiger partial charge in [-0.25, -0.2) is 9.97 Å². The van der Waals surface area contributed by atoms with Crippen LogP contribution in [0.15, 0.2) is 43.1 Å². The third-order valence-electron chi connectivity index (χ3n) is 5.15. The number of rotatable bonds is 4. The quantitative estimate of drug-likeness (QED) is 0.834. The van der Waals surface area contributed by atoms with Crippen LogP contribution in [0, 0.1) is 0 Å². The molecule has 2 aliphatic rings. The number of hydrogen-bond acceptors (Lipinski definition) is 6. The summed E-state index contributed by atoms with van der Waals surface area (Å²) in [5.74, 6) is -0.0374. The molecular weight excluding hydrogens is 332 g/mol. The van der Waals surface area contributed by atoms with E-state index in [4.69, 9.17) is 9.47 Å². The second-order valence-corrected chi connectivity index (χ2v) is 6.88. The van der Waals surface area contributed by atoms with Crippen molar-refractivity contribution in [3.8, 4) is 0 Å². The van der Waals surface area contributed by atoms with Gasteiger partial charge in [-0.05, 0) is 30.5 Å². The summed E-state index contributed by atoms with van der Waals surface area (Å²) in [5.41, 5.74) is 1.35. The Hall–Kier alpha value is -2.38. The van der Waals surface area contributed by atoms with Crippen LogP contribution in [0.2, 0.25) is 0 Å². The number of likely N-dealkylation sites (tertiary alicyclic amines) is 1. The number of nitrogens with zero attached hydrogens (tertiary/aromatic N) is 4. The van der Waals surface area contributed by atoms with Crippen molar-refractivity contribution in [2.75, 3.05) is 19.7 Å². The number of pyridine rings is 1. The van der Waals surface area contributed by atoms with E-state index in [9.17, 15) is 4.79 Å². The number of aromatic nitrogens is 3. The Morgan fingerprint density at radius 2 is 2.15 bits per heavy atom. The van der Waals surface area contributed by atoms with Gasteiger partial charge in [0.05, 0.1) is 24.9 Å². The Bertz CT molecular complexity index is 733. The Kier molecular flexibility index (Phi) is 4.90. The van der Waals surface area contributed by atoms with Crippen molar-refractivity contribution in [3.05, 3.63) is 54.4 Å². The molecule has 2 fully saturated rings. The number of hydrogen-bond donors (Lipinski definition) is 0. The summed E-state index contributed by atoms with van der Waals surface area (Å²) in [6, 6.07) is 5.58. The summed E-state index contributed by atoms with van der Waals surface area (Å²) in [6.07, 6.45) is 9.21. The van der Waals surface area contributed by atoms with Gasteiger partial charge in [-0.1, -0.05) is 6.07 Å². The summed E-state index contributed by atoms with van der Waals surface area (Å²) in [5, 5.41) is 0. The molecule has 0 aromatic carbocycles. The summed E-state index contributed by atoms with van der Waals surface area (Å²) in [7, 11) is 0. The van der Waals surface area contributed by atoms with Gasteiger partial charge in [0.1, 0.15) is 12.0 Å². The highest BCUT2D eigenvalue weighted by molar-refractivity contribution is 5.92. The second kappa shape index (κ2) is 7.47. The van der Waals surface area contributed by atoms with Gasteiger partial charge in [0.2, 0.25) is 0 Å². The van der Waals surface area contributed by atoms with Crippen LogP contribution in [0.5, 0.6) is 0 Å². The van der Waals surface area contributed by atoms with Gasteiger partial charge in [0, 0.05) is 38.1 Å². The zero-order valence-electron chi connectivity index (χ0n) is 14.6. The van der Waals surface area contributed by atoms with Crippen LogP contribution in [0.4, 0.5) is 0 Å². The van der Waals surface area contributed by atoms with E-state index in [1.165, 1.54) is 6.33 Å². The maximum Gasteiger partial charge on any atom is 0.272 e. The first-order valence-electron chi connectivity index (χ1n) is 8.94. The molecule has 2 saturated heterocycles. The van der Waals surface area contributed by atoms with E-state index in [0.717, 1.165) is 24.8 Å². The van der Waals surface area contributed by atoms with E-state index in [1.54, 1.807) is 18.5 Å². The first kappa shape index (κ1) is 17.1. The van der Waals surface area contributed by atoms with Gasteiger partial charge in [-0.3, -0.25) is 9.78 Å². The monoisotopic (exact) mass is 354 g/mol. The van der Waals surface area contributed by atoms with E-state index in [2.05, 4.69) is 15.0 Å². The Labute approximate surface area is 152 Å². The summed E-state index contributed by atoms with van der Waals surface area (Å²) in [6.45, 7) is 2.52. The molecule has 0 saturated carbocycles. The first-order chi connectivity index (χ1) is 12.7. The average molecular weight is 354 g/mol. The fourth-order valence-electron chi connectivity index (χ4n) is 3.65. The number of piperidine rings is 1. The Morgan fingerprint density at radius 1 is 1.27 bits per heavy atom. The molecule has 0 unspecified atom stereocenters. The molecule has 0 radical (unpaired) electrons. The fraction of sp³-hybridized carbons (Fsp3) is 0.474. The summed E-state index contributed by atoms with van der Waals surface area (Å²) in [4.78, 5) is 26.4. The first-order valence-corrected chi connectivity index (χ1v) is 8.94. The van der Waals surface area contributed by atoms with Crippen LogP contribution in [-0.2, 0) is 16.1 Å². The highest BCUT2D eigenvalue weighted by Gasteiger charge is 2.44. The van der Waals surface area contributed by atoms with Crippen LogP contribution in [0.1, 0.15) is 35.3 Å². The molecule has 0 aliphatic carbocycles. The molecule has 4 heterocycles. The Balaban J connectivity index is 1.28. The minimum Gasteiger partial charge on any atom is -0.372 e. The maximum atomic E-state index is 12.5. The molecule has 136 valence electrons. The van der Waals surface area contributed by atoms with Crippen molar-refractivity contribution in [3.63, 3.8) is 0 Å². The lowest BCUT2D eigenvalue weighted by Crippen LogP contribution is -2.46. The summed E-state index contributed by atoms with van der Waals surface area (Å²) < 4.78 is 12.1. The molecule has 0 bridgehead atoms. The molecule has 7 heteroatoms. The van der Waals surface area contributed by atoms with E-state index in [0.29, 0.717) is 32.0 Å². The highest BCUT2D eigenvalue weighted by atomic mass is 16.6. The van der Waals surface area contributed by atoms with Gasteiger partial charge in [-0.15, -0.1) is 0 Å². The number of amides is 1. The molecule has 0 N–H and O–H groups in total. The minimum absolute atomic E-state index is 0.0374. The van der Waals surface area contributed by atoms with E-state index < -0.39 is 0 Å². The predicted octanol–water partition coefficient (Wildman–Crippen LogP) is 1.85. The molecule has 7 nitrogen and oxygen atoms in total. The zero-order chi connectivity index (χ0) is 17.8. The van der Waals surface area contributed by atoms with Crippen molar-refractivity contribution in [2.24, 2.45) is 0 Å². The fourth-order valence-corrected chi connectivity index (χ4v) is 3.65. The Morgan fingerprint density at radius 3 is 2.88 bits per heavy atom. The van der Waals surface area contributed by atoms with Crippen molar-refractivity contribution in [1.29, 1.82) is 0 Å². The van der Waals surface area contributed by atoms with Crippen LogP contribution in [0.3, 0.4) is 0 Å². The number of ether oxygens (including phenoxy) is 2. The largest absolute Gasteiger partial charge is 0.372 e. The van der Waals surface area contributed by atoms with Gasteiger partial charge >= 0.3 is 0 Å². The minimum atomic E-state index is -0.165. The molecule has 2 aromatic heterocycles. The smallest absolute Gasteiger partial charge is 0.272 e. The standard InChI is InChI=1S/C19H22N4O3/c24-18(17-3-7-21-14-22-17)23-8-4-19(5-9-23)10-16(13-26-19)25-12-15-2-1-6-20-11-15/h1-3,6-7,11,14,16H,4-5,8-10,12-13H2/t16-/m1/s1. The third kappa shape index (κ3) is 3.73. The topological polar surface area (TPSA) is 77.4 Å². The van der Waals surface area contributed by atoms with Gasteiger partial charge in [0.15, 0.2) is 0 Å². The highest BCUT2D eigenvalue weighted by Crippen LogP contribution is 2.37. The predicted molar refractivity (Wildman–Crippen MR) is 93.3 cm³/mol. The van der Waals surface area contributed by atoms with E-state index in [-0.39, 0.29) is 17.6 Å². The van der Waals surface area contributed by atoms with Crippen LogP contribution >= 0.6 is 0 Å². The maximum absolute atomic E-state index is 12.5. The van der Waals surface area contributed by atoms with E-state index >= 15 is 0 Å². The molecule has 2 aliphatic heterocycles. The van der Waals surface area contributed by atoms with Crippen LogP contribution < -0.4 is 0 Å². The number of carbonyl (C=O) groups is 1. The molecule has 1 amide bonds. The lowest BCUT2D eigenvalue weighted by Gasteiger charge is -2.38. The van der Waals surface area contributed by atoms with Gasteiger partial charge in [-0.2, -0.15) is 0 Å². The third-order valence-corrected chi connectivity index (χ3v) is 5.15. The van der Waals surface area contributed by atoms with Crippen LogP contribution in [0.25, 0.3) is 0 Å². The van der Waals surface area contributed by atoms with Crippen molar-refractivity contribution >= 4 is 5.91 Å². The normalized spacial score (nSPS) is 21.8. The zero-order valence-corrected chi connectivity index (χ0v) is 14.6. The average Bonchev–Trinajstić information content (AvgIpc) is 3.10. The van der Waals surface area contributed by atoms with Gasteiger partial charge < -0.3 is 14.4 Å². The lowest BCUT2D eigenvalue weighted by atomic mass is 9.88. The number of carbonyl (C=O) groups excluding carboxylic acids is 1. The van der Waals surface area contributed by atoms with Crippen molar-refractivity contribution in [2.45, 2.75) is 37.6 Å². The van der Waals surface area contributed by atoms with Crippen molar-refractivity contribution < 1.29 is 14.3 Å². The molecule has 26 heavy (non-hydrogen) atoms. The van der Waals surface area contributed by atoms with Crippen LogP contribution in [-0.4, -0.2) is 57.2 Å². The molecular formula is C19H22N4O3. The molecule has 2 aromatic rings. The van der Waals surface area contributed by atoms with Gasteiger partial charge in [0.25, 0.3) is 5.91 Å². The second-order valence-electron chi connectivity index (χ2n) is 6.88. The SMILES string of the molecule is O=C(c1ccncn1)N1CCC2(CC1)C[C@@H](OCc1cccnc1)CO2. The lowest BCUT2D eigenvalue weighted by molar-refractivity contribution is -0.0413. The van der Waals surface area contributed by atoms with Crippen molar-refractivity contribution in [1.82, 2.24) is 19.9 Å². The molecule has 1 spiro atoms.